The van der Waals surface area contributed by atoms with Gasteiger partial charge in [0.1, 0.15) is 0 Å². The van der Waals surface area contributed by atoms with Crippen molar-refractivity contribution in [2.45, 2.75) is 13.0 Å². The summed E-state index contributed by atoms with van der Waals surface area (Å²) in [6.07, 6.45) is 0.385. The van der Waals surface area contributed by atoms with Gasteiger partial charge in [0.25, 0.3) is 0 Å². The smallest absolute Gasteiger partial charge is 0.222 e. The van der Waals surface area contributed by atoms with Gasteiger partial charge in [0.15, 0.2) is 11.5 Å². The first-order chi connectivity index (χ1) is 11.6. The Bertz CT molecular complexity index is 674. The maximum absolute atomic E-state index is 11.9. The molecule has 2 N–H and O–H groups in total. The third-order valence-corrected chi connectivity index (χ3v) is 3.72. The molecule has 2 rings (SSSR count). The van der Waals surface area contributed by atoms with E-state index in [1.807, 2.05) is 30.3 Å². The maximum atomic E-state index is 11.9. The van der Waals surface area contributed by atoms with E-state index in [-0.39, 0.29) is 5.91 Å². The highest BCUT2D eigenvalue weighted by Gasteiger charge is 2.06. The van der Waals surface area contributed by atoms with Gasteiger partial charge in [0.2, 0.25) is 5.91 Å². The summed E-state index contributed by atoms with van der Waals surface area (Å²) in [5.74, 6) is 1.29. The summed E-state index contributed by atoms with van der Waals surface area (Å²) >= 11 is 5.83. The van der Waals surface area contributed by atoms with Crippen molar-refractivity contribution in [1.29, 1.82) is 0 Å². The molecule has 128 valence electrons. The average Bonchev–Trinajstić information content (AvgIpc) is 2.61. The predicted octanol–water partition coefficient (Wildman–Crippen LogP) is 3.48. The number of carbonyl (C=O) groups is 1. The lowest BCUT2D eigenvalue weighted by atomic mass is 10.2. The fourth-order valence-electron chi connectivity index (χ4n) is 2.17. The summed E-state index contributed by atoms with van der Waals surface area (Å²) in [5, 5.41) is 6.75. The van der Waals surface area contributed by atoms with Crippen LogP contribution in [0.1, 0.15) is 12.0 Å². The minimum atomic E-state index is -0.0220. The molecule has 5 nitrogen and oxygen atoms in total. The summed E-state index contributed by atoms with van der Waals surface area (Å²) in [6, 6.07) is 12.9. The first kappa shape index (κ1) is 17.9. The molecule has 0 aromatic heterocycles. The molecule has 2 aromatic rings. The molecule has 0 saturated carbocycles. The van der Waals surface area contributed by atoms with E-state index < -0.39 is 0 Å². The lowest BCUT2D eigenvalue weighted by molar-refractivity contribution is -0.121. The molecule has 0 spiro atoms. The normalized spacial score (nSPS) is 10.1. The number of rotatable bonds is 8. The maximum Gasteiger partial charge on any atom is 0.222 e. The van der Waals surface area contributed by atoms with Gasteiger partial charge in [-0.05, 0) is 42.0 Å². The minimum absolute atomic E-state index is 0.0220. The highest BCUT2D eigenvalue weighted by molar-refractivity contribution is 6.30. The Morgan fingerprint density at radius 1 is 1.04 bits per heavy atom. The molecule has 0 aliphatic carbocycles. The van der Waals surface area contributed by atoms with Crippen molar-refractivity contribution in [3.63, 3.8) is 0 Å². The van der Waals surface area contributed by atoms with Crippen molar-refractivity contribution in [1.82, 2.24) is 5.32 Å². The Morgan fingerprint density at radius 3 is 2.42 bits per heavy atom. The Labute approximate surface area is 146 Å². The molecule has 0 aliphatic heterocycles. The summed E-state index contributed by atoms with van der Waals surface area (Å²) in [7, 11) is 3.18. The van der Waals surface area contributed by atoms with E-state index >= 15 is 0 Å². The molecule has 24 heavy (non-hydrogen) atoms. The lowest BCUT2D eigenvalue weighted by Gasteiger charge is -2.11. The van der Waals surface area contributed by atoms with Crippen molar-refractivity contribution in [2.75, 3.05) is 26.1 Å². The van der Waals surface area contributed by atoms with Crippen LogP contribution in [0.15, 0.2) is 42.5 Å². The molecular formula is C18H21ClN2O3. The van der Waals surface area contributed by atoms with Crippen LogP contribution in [0.25, 0.3) is 0 Å². The lowest BCUT2D eigenvalue weighted by Crippen LogP contribution is -2.24. The molecule has 0 radical (unpaired) electrons. The highest BCUT2D eigenvalue weighted by Crippen LogP contribution is 2.27. The quantitative estimate of drug-likeness (QED) is 0.766. The number of anilines is 1. The molecule has 0 bridgehead atoms. The molecule has 6 heteroatoms. The van der Waals surface area contributed by atoms with Gasteiger partial charge in [-0.3, -0.25) is 4.79 Å². The summed E-state index contributed by atoms with van der Waals surface area (Å²) in [4.78, 5) is 11.9. The Hall–Kier alpha value is -2.40. The molecule has 0 unspecified atom stereocenters. The van der Waals surface area contributed by atoms with Crippen LogP contribution < -0.4 is 20.1 Å². The predicted molar refractivity (Wildman–Crippen MR) is 96.0 cm³/mol. The molecule has 0 aliphatic rings. The Morgan fingerprint density at radius 2 is 1.75 bits per heavy atom. The van der Waals surface area contributed by atoms with Gasteiger partial charge in [0, 0.05) is 30.2 Å². The van der Waals surface area contributed by atoms with Gasteiger partial charge in [-0.1, -0.05) is 17.7 Å². The van der Waals surface area contributed by atoms with Crippen molar-refractivity contribution in [2.24, 2.45) is 0 Å². The average molecular weight is 349 g/mol. The van der Waals surface area contributed by atoms with Gasteiger partial charge >= 0.3 is 0 Å². The van der Waals surface area contributed by atoms with E-state index in [0.29, 0.717) is 36.0 Å². The van der Waals surface area contributed by atoms with Crippen molar-refractivity contribution < 1.29 is 14.3 Å². The van der Waals surface area contributed by atoms with Crippen LogP contribution in [0, 0.1) is 0 Å². The molecule has 0 fully saturated rings. The molecule has 1 amide bonds. The third kappa shape index (κ3) is 5.35. The molecule has 0 heterocycles. The number of hydrogen-bond acceptors (Lipinski definition) is 4. The Kier molecular flexibility index (Phi) is 6.75. The van der Waals surface area contributed by atoms with Crippen molar-refractivity contribution in [3.8, 4) is 11.5 Å². The van der Waals surface area contributed by atoms with Crippen LogP contribution in [0.2, 0.25) is 5.02 Å². The zero-order valence-electron chi connectivity index (χ0n) is 13.8. The van der Waals surface area contributed by atoms with Crippen LogP contribution in [-0.4, -0.2) is 26.7 Å². The van der Waals surface area contributed by atoms with Crippen molar-refractivity contribution >= 4 is 23.2 Å². The van der Waals surface area contributed by atoms with Crippen LogP contribution in [0.5, 0.6) is 11.5 Å². The number of methoxy groups -OCH3 is 2. The fourth-order valence-corrected chi connectivity index (χ4v) is 2.29. The number of halogens is 1. The van der Waals surface area contributed by atoms with Gasteiger partial charge in [0.05, 0.1) is 14.2 Å². The number of carbonyl (C=O) groups excluding carboxylic acids is 1. The summed E-state index contributed by atoms with van der Waals surface area (Å²) in [5.41, 5.74) is 1.89. The van der Waals surface area contributed by atoms with Gasteiger partial charge in [-0.25, -0.2) is 0 Å². The standard InChI is InChI=1S/C18H21ClN2O3/c1-23-16-8-3-13(11-17(16)24-2)12-21-18(22)9-10-20-15-6-4-14(19)5-7-15/h3-8,11,20H,9-10,12H2,1-2H3,(H,21,22). The van der Waals surface area contributed by atoms with Crippen LogP contribution in [-0.2, 0) is 11.3 Å². The van der Waals surface area contributed by atoms with Gasteiger partial charge < -0.3 is 20.1 Å². The number of nitrogens with one attached hydrogen (secondary N) is 2. The van der Waals surface area contributed by atoms with E-state index in [2.05, 4.69) is 10.6 Å². The largest absolute Gasteiger partial charge is 0.493 e. The second-order valence-corrected chi connectivity index (χ2v) is 5.59. The molecule has 0 atom stereocenters. The first-order valence-corrected chi connectivity index (χ1v) is 7.97. The minimum Gasteiger partial charge on any atom is -0.493 e. The van der Waals surface area contributed by atoms with Crippen LogP contribution in [0.4, 0.5) is 5.69 Å². The van der Waals surface area contributed by atoms with Crippen LogP contribution >= 0.6 is 11.6 Å². The first-order valence-electron chi connectivity index (χ1n) is 7.59. The Balaban J connectivity index is 1.75. The van der Waals surface area contributed by atoms with Crippen LogP contribution in [0.3, 0.4) is 0 Å². The summed E-state index contributed by atoms with van der Waals surface area (Å²) in [6.45, 7) is 1.000. The second-order valence-electron chi connectivity index (χ2n) is 5.15. The number of benzene rings is 2. The molecular weight excluding hydrogens is 328 g/mol. The van der Waals surface area contributed by atoms with E-state index in [1.165, 1.54) is 0 Å². The second kappa shape index (κ2) is 9.03. The van der Waals surface area contributed by atoms with Gasteiger partial charge in [-0.15, -0.1) is 0 Å². The van der Waals surface area contributed by atoms with Crippen molar-refractivity contribution in [3.05, 3.63) is 53.1 Å². The number of amides is 1. The van der Waals surface area contributed by atoms with E-state index in [0.717, 1.165) is 11.3 Å². The third-order valence-electron chi connectivity index (χ3n) is 3.46. The topological polar surface area (TPSA) is 59.6 Å². The molecule has 0 saturated heterocycles. The SMILES string of the molecule is COc1ccc(CNC(=O)CCNc2ccc(Cl)cc2)cc1OC. The zero-order valence-corrected chi connectivity index (χ0v) is 14.5. The fraction of sp³-hybridized carbons (Fsp3) is 0.278. The van der Waals surface area contributed by atoms with E-state index in [9.17, 15) is 4.79 Å². The van der Waals surface area contributed by atoms with Gasteiger partial charge in [-0.2, -0.15) is 0 Å². The zero-order chi connectivity index (χ0) is 17.4. The number of ether oxygens (including phenoxy) is 2. The van der Waals surface area contributed by atoms with E-state index in [4.69, 9.17) is 21.1 Å². The monoisotopic (exact) mass is 348 g/mol. The highest BCUT2D eigenvalue weighted by atomic mass is 35.5. The molecule has 2 aromatic carbocycles. The summed E-state index contributed by atoms with van der Waals surface area (Å²) < 4.78 is 10.4. The number of hydrogen-bond donors (Lipinski definition) is 2. The van der Waals surface area contributed by atoms with E-state index in [1.54, 1.807) is 26.4 Å².